The van der Waals surface area contributed by atoms with E-state index in [0.29, 0.717) is 0 Å². The van der Waals surface area contributed by atoms with Crippen molar-refractivity contribution in [2.75, 3.05) is 0 Å². The molecule has 0 atom stereocenters. The van der Waals surface area contributed by atoms with Crippen molar-refractivity contribution in [2.45, 2.75) is 0 Å². The van der Waals surface area contributed by atoms with Crippen LogP contribution in [0.5, 0.6) is 0 Å². The van der Waals surface area contributed by atoms with Crippen LogP contribution in [-0.2, 0) is 28.5 Å². The van der Waals surface area contributed by atoms with Gasteiger partial charge in [0.1, 0.15) is 0 Å². The molecule has 0 aromatic carbocycles. The second-order valence-corrected chi connectivity index (χ2v) is 4.80. The largest absolute Gasteiger partial charge is 1.00 e. The van der Waals surface area contributed by atoms with Gasteiger partial charge in [0, 0.05) is 0 Å². The van der Waals surface area contributed by atoms with E-state index in [0.717, 1.165) is 0 Å². The first kappa shape index (κ1) is 13.1. The summed E-state index contributed by atoms with van der Waals surface area (Å²) >= 11 is -5.61. The Morgan fingerprint density at radius 3 is 1.70 bits per heavy atom. The maximum absolute atomic E-state index is 9.60. The van der Waals surface area contributed by atoms with Gasteiger partial charge in [-0.05, 0) is 0 Å². The maximum atomic E-state index is 9.60. The molecule has 0 saturated heterocycles. The third kappa shape index (κ3) is 11.3. The molecule has 0 aromatic heterocycles. The third-order valence-electron chi connectivity index (χ3n) is 0.175. The zero-order chi connectivity index (χ0) is 7.73. The van der Waals surface area contributed by atoms with Gasteiger partial charge in [0.25, 0.3) is 0 Å². The minimum atomic E-state index is -7.54. The van der Waals surface area contributed by atoms with E-state index in [-0.39, 0.29) is 18.9 Å². The Morgan fingerprint density at radius 2 is 1.70 bits per heavy atom. The van der Waals surface area contributed by atoms with Crippen molar-refractivity contribution in [3.63, 3.8) is 0 Å². The minimum absolute atomic E-state index is 0. The zero-order valence-corrected chi connectivity index (χ0v) is 8.01. The molecule has 0 N–H and O–H groups in total. The Balaban J connectivity index is 0. The molecule has 0 heterocycles. The van der Waals surface area contributed by atoms with Gasteiger partial charge in [0.15, 0.2) is 0 Å². The summed E-state index contributed by atoms with van der Waals surface area (Å²) in [5, 5.41) is 0. The van der Waals surface area contributed by atoms with Crippen LogP contribution in [0, 0.1) is 0 Å². The van der Waals surface area contributed by atoms with Gasteiger partial charge in [-0.1, -0.05) is 0 Å². The summed E-state index contributed by atoms with van der Waals surface area (Å²) in [5.74, 6) is 0. The molecule has 9 heteroatoms. The molecule has 0 saturated carbocycles. The molecule has 6 nitrogen and oxygen atoms in total. The Hall–Kier alpha value is 0.531. The summed E-state index contributed by atoms with van der Waals surface area (Å²) < 4.78 is 41.0. The first-order valence-electron chi connectivity index (χ1n) is 1.32. The van der Waals surface area contributed by atoms with Crippen molar-refractivity contribution in [1.29, 1.82) is 0 Å². The second kappa shape index (κ2) is 3.28. The van der Waals surface area contributed by atoms with E-state index in [9.17, 15) is 19.4 Å². The van der Waals surface area contributed by atoms with Crippen LogP contribution in [-0.4, -0.2) is 4.88 Å². The Morgan fingerprint density at radius 1 is 1.40 bits per heavy atom. The van der Waals surface area contributed by atoms with Crippen molar-refractivity contribution in [2.24, 2.45) is 0 Å². The van der Waals surface area contributed by atoms with E-state index in [1.54, 1.807) is 0 Å². The molecule has 0 aliphatic heterocycles. The van der Waals surface area contributed by atoms with Crippen LogP contribution < -0.4 is 22.8 Å². The molecule has 56 valence electrons. The van der Waals surface area contributed by atoms with Crippen LogP contribution in [0.2, 0.25) is 0 Å². The molecule has 0 unspecified atom stereocenters. The molecule has 0 rings (SSSR count). The van der Waals surface area contributed by atoms with Gasteiger partial charge in [0.05, 0.1) is 0 Å². The van der Waals surface area contributed by atoms with Gasteiger partial charge in [-0.3, -0.25) is 0 Å². The molecule has 0 aliphatic carbocycles. The van der Waals surface area contributed by atoms with Crippen molar-refractivity contribution < 1.29 is 56.0 Å². The van der Waals surface area contributed by atoms with Gasteiger partial charge in [-0.25, -0.2) is 0 Å². The molecule has 0 fully saturated rings. The van der Waals surface area contributed by atoms with E-state index >= 15 is 0 Å². The molecule has 10 heavy (non-hydrogen) atoms. The van der Waals surface area contributed by atoms with Crippen molar-refractivity contribution in [3.8, 4) is 0 Å². The predicted molar refractivity (Wildman–Crippen MR) is 17.5 cm³/mol. The molecule has 0 amide bonds. The van der Waals surface area contributed by atoms with Gasteiger partial charge >= 0.3 is 76.9 Å². The number of halogens is 1. The maximum Gasteiger partial charge on any atom is 1.00 e. The zero-order valence-electron chi connectivity index (χ0n) is 4.68. The van der Waals surface area contributed by atoms with Crippen LogP contribution in [0.25, 0.3) is 0 Å². The summed E-state index contributed by atoms with van der Waals surface area (Å²) in [7, 11) is 0. The SMILES string of the molecule is O=C(Br)[O][Ru](=[O])(=[O])(=[O])[O-].[Li+]. The first-order valence-corrected chi connectivity index (χ1v) is 5.66. The third-order valence-corrected chi connectivity index (χ3v) is 1.71. The fourth-order valence-corrected chi connectivity index (χ4v) is 1.65. The van der Waals surface area contributed by atoms with Gasteiger partial charge in [0.2, 0.25) is 0 Å². The standard InChI is InChI=1S/CHBrO2.Li.4O.Ru/c2-1(3)4;;;;;;/h(H,3,4);;;;;;/q;+1;;;;-1;+1/p-1. The van der Waals surface area contributed by atoms with E-state index in [1.165, 1.54) is 0 Å². The number of rotatable bonds is 1. The first-order chi connectivity index (χ1) is 3.67. The van der Waals surface area contributed by atoms with Crippen LogP contribution in [0.3, 0.4) is 0 Å². The summed E-state index contributed by atoms with van der Waals surface area (Å²) in [6, 6.07) is 0. The van der Waals surface area contributed by atoms with Gasteiger partial charge in [-0.2, -0.15) is 0 Å². The van der Waals surface area contributed by atoms with Crippen LogP contribution >= 0.6 is 15.9 Å². The van der Waals surface area contributed by atoms with E-state index in [1.807, 2.05) is 15.9 Å². The number of hydrogen-bond donors (Lipinski definition) is 0. The van der Waals surface area contributed by atoms with Crippen LogP contribution in [0.15, 0.2) is 0 Å². The van der Waals surface area contributed by atoms with E-state index < -0.39 is 19.1 Å². The molecule has 0 bridgehead atoms. The summed E-state index contributed by atoms with van der Waals surface area (Å²) in [5.41, 5.74) is 0. The number of carbonyl (C=O) groups is 1. The van der Waals surface area contributed by atoms with Crippen molar-refractivity contribution in [3.05, 3.63) is 0 Å². The van der Waals surface area contributed by atoms with Crippen molar-refractivity contribution >= 4 is 20.8 Å². The fourth-order valence-electron chi connectivity index (χ4n) is 0.0927. The second-order valence-electron chi connectivity index (χ2n) is 0.899. The molecular formula is CBrLiO6Ru. The molecular weight excluding hydrogens is 296 g/mol. The molecule has 0 spiro atoms. The molecule has 0 aliphatic rings. The molecule has 0 radical (unpaired) electrons. The average Bonchev–Trinajstić information content (AvgIpc) is 1.16. The summed E-state index contributed by atoms with van der Waals surface area (Å²) in [6.45, 7) is 0. The Bertz CT molecular complexity index is 294. The topological polar surface area (TPSA) is 101 Å². The monoisotopic (exact) mass is 296 g/mol. The summed E-state index contributed by atoms with van der Waals surface area (Å²) in [6.07, 6.45) is 0. The van der Waals surface area contributed by atoms with Crippen LogP contribution in [0.4, 0.5) is 4.79 Å². The van der Waals surface area contributed by atoms with Crippen molar-refractivity contribution in [1.82, 2.24) is 0 Å². The Labute approximate surface area is 76.6 Å². The van der Waals surface area contributed by atoms with E-state index in [2.05, 4.69) is 3.56 Å². The fraction of sp³-hybridized carbons (Fsp3) is 0. The van der Waals surface area contributed by atoms with Crippen LogP contribution in [0.1, 0.15) is 0 Å². The Kier molecular flexibility index (Phi) is 4.32. The molecule has 0 aromatic rings. The number of carbonyl (C=O) groups excluding carboxylic acids is 1. The normalized spacial score (nSPS) is 14.0. The van der Waals surface area contributed by atoms with E-state index in [4.69, 9.17) is 0 Å². The van der Waals surface area contributed by atoms with Gasteiger partial charge in [-0.15, -0.1) is 0 Å². The quantitative estimate of drug-likeness (QED) is 0.367. The number of hydrogen-bond acceptors (Lipinski definition) is 6. The van der Waals surface area contributed by atoms with Gasteiger partial charge < -0.3 is 0 Å². The minimum Gasteiger partial charge on any atom is 1.00 e. The summed E-state index contributed by atoms with van der Waals surface area (Å²) in [4.78, 5) is 8.01. The average molecular weight is 296 g/mol. The predicted octanol–water partition coefficient (Wildman–Crippen LogP) is -3.56. The smallest absolute Gasteiger partial charge is 1.00 e.